The highest BCUT2D eigenvalue weighted by Gasteiger charge is 2.28. The van der Waals surface area contributed by atoms with Crippen molar-refractivity contribution < 1.29 is 4.21 Å². The zero-order valence-electron chi connectivity index (χ0n) is 19.3. The molecule has 0 saturated heterocycles. The van der Waals surface area contributed by atoms with E-state index in [0.29, 0.717) is 0 Å². The molecular formula is C29H30NOPS. The Labute approximate surface area is 201 Å². The van der Waals surface area contributed by atoms with Crippen molar-refractivity contribution in [2.75, 3.05) is 0 Å². The van der Waals surface area contributed by atoms with Gasteiger partial charge in [0.2, 0.25) is 0 Å². The summed E-state index contributed by atoms with van der Waals surface area (Å²) in [5.41, 5.74) is 2.28. The molecule has 2 atom stereocenters. The predicted molar refractivity (Wildman–Crippen MR) is 144 cm³/mol. The van der Waals surface area contributed by atoms with E-state index in [9.17, 15) is 4.21 Å². The van der Waals surface area contributed by atoms with E-state index in [1.165, 1.54) is 21.5 Å². The molecule has 2 nitrogen and oxygen atoms in total. The average Bonchev–Trinajstić information content (AvgIpc) is 2.84. The largest absolute Gasteiger partial charge is 0.242 e. The van der Waals surface area contributed by atoms with Crippen LogP contribution in [-0.4, -0.2) is 8.96 Å². The summed E-state index contributed by atoms with van der Waals surface area (Å²) in [4.78, 5) is 0. The first-order valence-electron chi connectivity index (χ1n) is 11.2. The van der Waals surface area contributed by atoms with Gasteiger partial charge in [-0.15, -0.1) is 0 Å². The molecule has 168 valence electrons. The SMILES string of the molecule is CC(C)(C)S(=O)N[C@H](c1ccccc1)c1ccccc1P(c1ccccc1)c1ccccc1. The Morgan fingerprint density at radius 1 is 0.667 bits per heavy atom. The topological polar surface area (TPSA) is 29.1 Å². The van der Waals surface area contributed by atoms with Crippen LogP contribution >= 0.6 is 7.92 Å². The first kappa shape index (κ1) is 23.6. The third kappa shape index (κ3) is 5.68. The van der Waals surface area contributed by atoms with Crippen molar-refractivity contribution in [2.45, 2.75) is 31.6 Å². The predicted octanol–water partition coefficient (Wildman–Crippen LogP) is 5.59. The summed E-state index contributed by atoms with van der Waals surface area (Å²) >= 11 is 0. The Morgan fingerprint density at radius 3 is 1.64 bits per heavy atom. The number of hydrogen-bond acceptors (Lipinski definition) is 1. The van der Waals surface area contributed by atoms with Gasteiger partial charge in [-0.05, 0) is 55.7 Å². The molecule has 33 heavy (non-hydrogen) atoms. The van der Waals surface area contributed by atoms with Gasteiger partial charge in [-0.25, -0.2) is 8.93 Å². The Morgan fingerprint density at radius 2 is 1.12 bits per heavy atom. The molecule has 0 amide bonds. The molecule has 0 bridgehead atoms. The summed E-state index contributed by atoms with van der Waals surface area (Å²) in [7, 11) is -2.00. The third-order valence-corrected chi connectivity index (χ3v) is 9.51. The zero-order chi connectivity index (χ0) is 23.3. The molecule has 0 heterocycles. The fourth-order valence-electron chi connectivity index (χ4n) is 3.76. The van der Waals surface area contributed by atoms with Gasteiger partial charge in [0.05, 0.1) is 21.8 Å². The molecule has 0 aliphatic carbocycles. The van der Waals surface area contributed by atoms with Gasteiger partial charge in [-0.1, -0.05) is 115 Å². The molecule has 1 unspecified atom stereocenters. The number of nitrogens with one attached hydrogen (secondary N) is 1. The van der Waals surface area contributed by atoms with Crippen LogP contribution in [0.3, 0.4) is 0 Å². The van der Waals surface area contributed by atoms with Crippen molar-refractivity contribution in [3.05, 3.63) is 126 Å². The minimum absolute atomic E-state index is 0.181. The highest BCUT2D eigenvalue weighted by atomic mass is 32.2. The van der Waals surface area contributed by atoms with Gasteiger partial charge in [0, 0.05) is 0 Å². The van der Waals surface area contributed by atoms with Crippen molar-refractivity contribution in [1.82, 2.24) is 4.72 Å². The fraction of sp³-hybridized carbons (Fsp3) is 0.172. The van der Waals surface area contributed by atoms with Crippen LogP contribution in [0.1, 0.15) is 37.9 Å². The molecule has 0 fully saturated rings. The molecule has 0 aromatic heterocycles. The number of rotatable bonds is 7. The molecule has 0 saturated carbocycles. The van der Waals surface area contributed by atoms with Crippen LogP contribution in [0.2, 0.25) is 0 Å². The summed E-state index contributed by atoms with van der Waals surface area (Å²) in [6.45, 7) is 6.01. The standard InChI is InChI=1S/C29H30NOPS/c1-29(2,3)33(31)30-28(23-15-7-4-8-16-23)26-21-13-14-22-27(26)32(24-17-9-5-10-18-24)25-19-11-6-12-20-25/h4-22,28,30H,1-3H3/t28-,33?/m1/s1. The minimum atomic E-state index is -1.22. The van der Waals surface area contributed by atoms with Crippen LogP contribution in [0.5, 0.6) is 0 Å². The lowest BCUT2D eigenvalue weighted by molar-refractivity contribution is 0.624. The van der Waals surface area contributed by atoms with Crippen LogP contribution in [0.4, 0.5) is 0 Å². The third-order valence-electron chi connectivity index (χ3n) is 5.43. The molecular weight excluding hydrogens is 441 g/mol. The van der Waals surface area contributed by atoms with E-state index < -0.39 is 18.9 Å². The van der Waals surface area contributed by atoms with Crippen LogP contribution in [0, 0.1) is 0 Å². The van der Waals surface area contributed by atoms with E-state index >= 15 is 0 Å². The lowest BCUT2D eigenvalue weighted by atomic mass is 10.00. The van der Waals surface area contributed by atoms with Crippen molar-refractivity contribution in [3.63, 3.8) is 0 Å². The van der Waals surface area contributed by atoms with Crippen LogP contribution in [0.15, 0.2) is 115 Å². The molecule has 0 aliphatic heterocycles. The normalized spacial score (nSPS) is 13.6. The second-order valence-electron chi connectivity index (χ2n) is 8.91. The summed E-state index contributed by atoms with van der Waals surface area (Å²) in [5, 5.41) is 3.88. The maximum absolute atomic E-state index is 13.2. The Kier molecular flexibility index (Phi) is 7.55. The second-order valence-corrected chi connectivity index (χ2v) is 13.1. The zero-order valence-corrected chi connectivity index (χ0v) is 21.0. The first-order valence-corrected chi connectivity index (χ1v) is 13.7. The molecule has 4 rings (SSSR count). The minimum Gasteiger partial charge on any atom is -0.242 e. The van der Waals surface area contributed by atoms with Crippen molar-refractivity contribution in [3.8, 4) is 0 Å². The van der Waals surface area contributed by atoms with E-state index in [2.05, 4.69) is 102 Å². The maximum Gasteiger partial charge on any atom is 0.0979 e. The Bertz CT molecular complexity index is 1150. The van der Waals surface area contributed by atoms with Gasteiger partial charge in [0.15, 0.2) is 0 Å². The second kappa shape index (κ2) is 10.6. The summed E-state index contributed by atoms with van der Waals surface area (Å²) in [6, 6.07) is 40.2. The highest BCUT2D eigenvalue weighted by Crippen LogP contribution is 2.37. The first-order chi connectivity index (χ1) is 15.9. The molecule has 4 aromatic rings. The monoisotopic (exact) mass is 471 g/mol. The lowest BCUT2D eigenvalue weighted by Crippen LogP contribution is -2.38. The summed E-state index contributed by atoms with van der Waals surface area (Å²) in [5.74, 6) is 0. The highest BCUT2D eigenvalue weighted by molar-refractivity contribution is 7.84. The summed E-state index contributed by atoms with van der Waals surface area (Å²) in [6.07, 6.45) is 0. The van der Waals surface area contributed by atoms with Crippen LogP contribution in [-0.2, 0) is 11.0 Å². The average molecular weight is 472 g/mol. The molecule has 4 heteroatoms. The quantitative estimate of drug-likeness (QED) is 0.350. The molecule has 0 aliphatic rings. The molecule has 0 radical (unpaired) electrons. The van der Waals surface area contributed by atoms with E-state index in [4.69, 9.17) is 0 Å². The van der Waals surface area contributed by atoms with Crippen LogP contribution in [0.25, 0.3) is 0 Å². The van der Waals surface area contributed by atoms with E-state index in [0.717, 1.165) is 5.56 Å². The lowest BCUT2D eigenvalue weighted by Gasteiger charge is -2.29. The van der Waals surface area contributed by atoms with Gasteiger partial charge in [-0.3, -0.25) is 0 Å². The van der Waals surface area contributed by atoms with E-state index in [1.54, 1.807) is 0 Å². The van der Waals surface area contributed by atoms with Gasteiger partial charge < -0.3 is 0 Å². The van der Waals surface area contributed by atoms with Crippen molar-refractivity contribution in [1.29, 1.82) is 0 Å². The molecule has 0 spiro atoms. The Balaban J connectivity index is 1.89. The molecule has 4 aromatic carbocycles. The van der Waals surface area contributed by atoms with Gasteiger partial charge in [0.25, 0.3) is 0 Å². The summed E-state index contributed by atoms with van der Waals surface area (Å²) < 4.78 is 16.3. The van der Waals surface area contributed by atoms with Gasteiger partial charge in [-0.2, -0.15) is 0 Å². The van der Waals surface area contributed by atoms with E-state index in [-0.39, 0.29) is 10.8 Å². The Hall–Kier alpha value is -2.58. The van der Waals surface area contributed by atoms with Crippen LogP contribution < -0.4 is 20.6 Å². The van der Waals surface area contributed by atoms with Crippen molar-refractivity contribution in [2.24, 2.45) is 0 Å². The molecule has 1 N–H and O–H groups in total. The van der Waals surface area contributed by atoms with Gasteiger partial charge >= 0.3 is 0 Å². The smallest absolute Gasteiger partial charge is 0.0979 e. The fourth-order valence-corrected chi connectivity index (χ4v) is 7.08. The maximum atomic E-state index is 13.2. The van der Waals surface area contributed by atoms with Gasteiger partial charge in [0.1, 0.15) is 0 Å². The number of benzene rings is 4. The van der Waals surface area contributed by atoms with Crippen molar-refractivity contribution >= 4 is 34.8 Å². The number of hydrogen-bond donors (Lipinski definition) is 1. The van der Waals surface area contributed by atoms with E-state index in [1.807, 2.05) is 39.0 Å².